The standard InChI is InChI=1S/C75H138O17P2/c1-5-9-13-17-21-25-29-32-34-37-40-43-47-51-55-59-72(77)85-65-70(91-74(79)61-57-53-49-45-39-28-24-20-16-12-8-4)67-89-93(81,82)87-63-69(76)64-88-94(83,84)90-68-71(92-75(80)62-58-54-50-46-42-36-31-27-23-19-15-11-7-3)66-86-73(78)60-56-52-48-44-41-38-35-33-30-26-22-18-14-10-6-2/h20-21,24-25,32-35,69-71,76H,5-19,22-23,26-31,36-68H2,1-4H3,(H,81,82)(H,83,84)/b24-20-,25-21-,34-32-,35-33-. The van der Waals surface area contributed by atoms with Gasteiger partial charge in [-0.25, -0.2) is 9.13 Å². The lowest BCUT2D eigenvalue weighted by Gasteiger charge is -2.21. The molecule has 0 saturated heterocycles. The zero-order valence-corrected chi connectivity index (χ0v) is 61.7. The van der Waals surface area contributed by atoms with Crippen LogP contribution in [0.2, 0.25) is 0 Å². The first-order valence-corrected chi connectivity index (χ1v) is 40.9. The number of aliphatic hydroxyl groups excluding tert-OH is 1. The molecular formula is C75H138O17P2. The molecule has 5 atom stereocenters. The van der Waals surface area contributed by atoms with Crippen molar-refractivity contribution in [3.05, 3.63) is 48.6 Å². The van der Waals surface area contributed by atoms with Gasteiger partial charge >= 0.3 is 39.5 Å². The number of ether oxygens (including phenoxy) is 4. The van der Waals surface area contributed by atoms with Gasteiger partial charge in [-0.15, -0.1) is 0 Å². The Bertz CT molecular complexity index is 1980. The third-order valence-corrected chi connectivity index (χ3v) is 18.2. The summed E-state index contributed by atoms with van der Waals surface area (Å²) < 4.78 is 68.4. The van der Waals surface area contributed by atoms with Crippen molar-refractivity contribution in [2.45, 2.75) is 367 Å². The lowest BCUT2D eigenvalue weighted by Crippen LogP contribution is -2.30. The molecular weight excluding hydrogens is 1230 g/mol. The van der Waals surface area contributed by atoms with Crippen LogP contribution in [0.15, 0.2) is 48.6 Å². The Labute approximate surface area is 572 Å². The quantitative estimate of drug-likeness (QED) is 0.0169. The van der Waals surface area contributed by atoms with Gasteiger partial charge in [0.1, 0.15) is 19.3 Å². The highest BCUT2D eigenvalue weighted by molar-refractivity contribution is 7.47. The molecule has 5 unspecified atom stereocenters. The maximum absolute atomic E-state index is 13.1. The molecule has 0 amide bonds. The van der Waals surface area contributed by atoms with Crippen molar-refractivity contribution in [1.29, 1.82) is 0 Å². The van der Waals surface area contributed by atoms with E-state index in [9.17, 15) is 43.2 Å². The largest absolute Gasteiger partial charge is 0.472 e. The van der Waals surface area contributed by atoms with Gasteiger partial charge in [0.15, 0.2) is 12.2 Å². The predicted molar refractivity (Wildman–Crippen MR) is 381 cm³/mol. The van der Waals surface area contributed by atoms with Crippen LogP contribution in [-0.4, -0.2) is 96.7 Å². The molecule has 0 fully saturated rings. The number of allylic oxidation sites excluding steroid dienone is 8. The van der Waals surface area contributed by atoms with Crippen molar-refractivity contribution >= 4 is 39.5 Å². The lowest BCUT2D eigenvalue weighted by atomic mass is 10.0. The maximum Gasteiger partial charge on any atom is 0.472 e. The summed E-state index contributed by atoms with van der Waals surface area (Å²) in [5.74, 6) is -2.18. The van der Waals surface area contributed by atoms with E-state index >= 15 is 0 Å². The number of carbonyl (C=O) groups excluding carboxylic acids is 4. The van der Waals surface area contributed by atoms with E-state index < -0.39 is 97.5 Å². The summed E-state index contributed by atoms with van der Waals surface area (Å²) in [5, 5.41) is 10.6. The first-order valence-electron chi connectivity index (χ1n) is 37.9. The fourth-order valence-corrected chi connectivity index (χ4v) is 12.0. The fraction of sp³-hybridized carbons (Fsp3) is 0.840. The van der Waals surface area contributed by atoms with Crippen LogP contribution in [0.25, 0.3) is 0 Å². The minimum absolute atomic E-state index is 0.0856. The number of phosphoric ester groups is 2. The molecule has 0 radical (unpaired) electrons. The molecule has 0 rings (SSSR count). The summed E-state index contributed by atoms with van der Waals surface area (Å²) in [6.07, 6.45) is 63.9. The number of esters is 4. The molecule has 0 heterocycles. The summed E-state index contributed by atoms with van der Waals surface area (Å²) in [6, 6.07) is 0. The second-order valence-corrected chi connectivity index (χ2v) is 28.5. The van der Waals surface area contributed by atoms with Gasteiger partial charge in [-0.2, -0.15) is 0 Å². The van der Waals surface area contributed by atoms with Crippen LogP contribution in [0.3, 0.4) is 0 Å². The molecule has 0 aliphatic rings. The van der Waals surface area contributed by atoms with E-state index in [1.54, 1.807) is 0 Å². The highest BCUT2D eigenvalue weighted by Gasteiger charge is 2.30. The topological polar surface area (TPSA) is 237 Å². The second-order valence-electron chi connectivity index (χ2n) is 25.6. The van der Waals surface area contributed by atoms with Gasteiger partial charge in [-0.05, 0) is 103 Å². The zero-order chi connectivity index (χ0) is 69.0. The molecule has 19 heteroatoms. The second kappa shape index (κ2) is 68.5. The summed E-state index contributed by atoms with van der Waals surface area (Å²) >= 11 is 0. The highest BCUT2D eigenvalue weighted by atomic mass is 31.2. The fourth-order valence-electron chi connectivity index (χ4n) is 10.4. The summed E-state index contributed by atoms with van der Waals surface area (Å²) in [5.41, 5.74) is 0. The molecule has 0 aromatic carbocycles. The molecule has 0 aromatic rings. The van der Waals surface area contributed by atoms with Gasteiger partial charge in [0.05, 0.1) is 26.4 Å². The average Bonchev–Trinajstić information content (AvgIpc) is 2.22. The number of unbranched alkanes of at least 4 members (excludes halogenated alkanes) is 38. The van der Waals surface area contributed by atoms with Gasteiger partial charge in [0, 0.05) is 25.7 Å². The van der Waals surface area contributed by atoms with Crippen molar-refractivity contribution in [2.24, 2.45) is 0 Å². The Hall–Kier alpha value is -2.98. The van der Waals surface area contributed by atoms with Gasteiger partial charge in [0.2, 0.25) is 0 Å². The molecule has 0 spiro atoms. The Balaban J connectivity index is 5.30. The molecule has 94 heavy (non-hydrogen) atoms. The smallest absolute Gasteiger partial charge is 0.462 e. The van der Waals surface area contributed by atoms with Crippen LogP contribution in [0.4, 0.5) is 0 Å². The number of phosphoric acid groups is 2. The van der Waals surface area contributed by atoms with E-state index in [4.69, 9.17) is 37.0 Å². The van der Waals surface area contributed by atoms with Crippen molar-refractivity contribution in [2.75, 3.05) is 39.6 Å². The highest BCUT2D eigenvalue weighted by Crippen LogP contribution is 2.45. The lowest BCUT2D eigenvalue weighted by molar-refractivity contribution is -0.161. The monoisotopic (exact) mass is 1370 g/mol. The third kappa shape index (κ3) is 67.6. The molecule has 0 aromatic heterocycles. The number of aliphatic hydroxyl groups is 1. The summed E-state index contributed by atoms with van der Waals surface area (Å²) in [7, 11) is -9.93. The molecule has 0 saturated carbocycles. The van der Waals surface area contributed by atoms with Crippen molar-refractivity contribution < 1.29 is 80.2 Å². The van der Waals surface area contributed by atoms with E-state index in [-0.39, 0.29) is 25.7 Å². The third-order valence-electron chi connectivity index (χ3n) is 16.3. The first kappa shape index (κ1) is 91.0. The Morgan fingerprint density at radius 2 is 0.532 bits per heavy atom. The van der Waals surface area contributed by atoms with Crippen molar-refractivity contribution in [3.63, 3.8) is 0 Å². The molecule has 550 valence electrons. The van der Waals surface area contributed by atoms with Crippen LogP contribution in [0.1, 0.15) is 349 Å². The van der Waals surface area contributed by atoms with E-state index in [2.05, 4.69) is 76.3 Å². The van der Waals surface area contributed by atoms with Crippen molar-refractivity contribution in [3.8, 4) is 0 Å². The average molecular weight is 1370 g/mol. The van der Waals surface area contributed by atoms with E-state index in [0.717, 1.165) is 148 Å². The van der Waals surface area contributed by atoms with Crippen molar-refractivity contribution in [1.82, 2.24) is 0 Å². The molecule has 0 bridgehead atoms. The minimum atomic E-state index is -4.97. The van der Waals surface area contributed by atoms with Crippen LogP contribution >= 0.6 is 15.6 Å². The van der Waals surface area contributed by atoms with Crippen LogP contribution in [-0.2, 0) is 65.4 Å². The Kier molecular flexibility index (Phi) is 66.4. The van der Waals surface area contributed by atoms with Gasteiger partial charge < -0.3 is 33.8 Å². The molecule has 3 N–H and O–H groups in total. The number of rotatable bonds is 72. The van der Waals surface area contributed by atoms with Gasteiger partial charge in [-0.3, -0.25) is 37.3 Å². The van der Waals surface area contributed by atoms with Crippen LogP contribution in [0.5, 0.6) is 0 Å². The van der Waals surface area contributed by atoms with Gasteiger partial charge in [-0.1, -0.05) is 269 Å². The number of hydrogen-bond acceptors (Lipinski definition) is 15. The normalized spacial score (nSPS) is 14.2. The minimum Gasteiger partial charge on any atom is -0.462 e. The molecule has 17 nitrogen and oxygen atoms in total. The number of carbonyl (C=O) groups is 4. The summed E-state index contributed by atoms with van der Waals surface area (Å²) in [4.78, 5) is 72.7. The molecule has 0 aliphatic carbocycles. The SMILES string of the molecule is CCCC/C=C\CCCCCCCC(=O)OC(COC(=O)CCCCCCC/C=C\C/C=C\CCCCC)COP(=O)(O)OCC(O)COP(=O)(O)OCC(COC(=O)CCCCCCC/C=C\CCCCCCCC)OC(=O)CCCCCCCCCCCCCCC. The predicted octanol–water partition coefficient (Wildman–Crippen LogP) is 21.3. The van der Waals surface area contributed by atoms with E-state index in [1.165, 1.54) is 122 Å². The van der Waals surface area contributed by atoms with Crippen LogP contribution in [0, 0.1) is 0 Å². The molecule has 0 aliphatic heterocycles. The van der Waals surface area contributed by atoms with Crippen LogP contribution < -0.4 is 0 Å². The van der Waals surface area contributed by atoms with E-state index in [0.29, 0.717) is 25.7 Å². The Morgan fingerprint density at radius 1 is 0.298 bits per heavy atom. The van der Waals surface area contributed by atoms with E-state index in [1.807, 2.05) is 0 Å². The number of hydrogen-bond donors (Lipinski definition) is 3. The zero-order valence-electron chi connectivity index (χ0n) is 59.9. The maximum atomic E-state index is 13.1. The van der Waals surface area contributed by atoms with Gasteiger partial charge in [0.25, 0.3) is 0 Å². The Morgan fingerprint density at radius 3 is 0.851 bits per heavy atom. The summed E-state index contributed by atoms with van der Waals surface area (Å²) in [6.45, 7) is 4.82. The first-order chi connectivity index (χ1) is 45.7.